The molecule has 4 heteroatoms. The lowest BCUT2D eigenvalue weighted by Crippen LogP contribution is -2.28. The van der Waals surface area contributed by atoms with Crippen molar-refractivity contribution in [1.29, 1.82) is 0 Å². The summed E-state index contributed by atoms with van der Waals surface area (Å²) in [4.78, 5) is 12.6. The first-order valence-corrected chi connectivity index (χ1v) is 8.07. The predicted molar refractivity (Wildman–Crippen MR) is 96.7 cm³/mol. The lowest BCUT2D eigenvalue weighted by Gasteiger charge is -2.08. The summed E-state index contributed by atoms with van der Waals surface area (Å²) in [5, 5.41) is 4.15. The third kappa shape index (κ3) is 3.00. The highest BCUT2D eigenvalue weighted by Gasteiger charge is 2.17. The number of amides is 1. The molecule has 0 bridgehead atoms. The minimum Gasteiger partial charge on any atom is -0.497 e. The summed E-state index contributed by atoms with van der Waals surface area (Å²) in [6, 6.07) is 16.0. The van der Waals surface area contributed by atoms with Crippen molar-refractivity contribution in [2.75, 3.05) is 13.7 Å². The van der Waals surface area contributed by atoms with Gasteiger partial charge in [0.2, 0.25) is 0 Å². The molecule has 0 spiro atoms. The van der Waals surface area contributed by atoms with Crippen LogP contribution < -0.4 is 10.1 Å². The van der Waals surface area contributed by atoms with Crippen molar-refractivity contribution in [3.05, 3.63) is 65.4 Å². The van der Waals surface area contributed by atoms with Crippen molar-refractivity contribution in [2.45, 2.75) is 13.3 Å². The fourth-order valence-electron chi connectivity index (χ4n) is 3.14. The molecule has 1 amide bonds. The standard InChI is InChI=1S/C20H22N2O2/c1-14-17-9-4-5-10-18(17)22(2)19(14)20(23)21-12-11-15-7-6-8-16(13-15)24-3/h4-10,13H,11-12H2,1-3H3,(H,21,23). The topological polar surface area (TPSA) is 43.3 Å². The first-order chi connectivity index (χ1) is 11.6. The zero-order valence-corrected chi connectivity index (χ0v) is 14.3. The summed E-state index contributed by atoms with van der Waals surface area (Å²) in [6.45, 7) is 2.59. The molecule has 24 heavy (non-hydrogen) atoms. The van der Waals surface area contributed by atoms with Crippen molar-refractivity contribution < 1.29 is 9.53 Å². The first-order valence-electron chi connectivity index (χ1n) is 8.07. The van der Waals surface area contributed by atoms with Crippen LogP contribution in [-0.4, -0.2) is 24.1 Å². The zero-order chi connectivity index (χ0) is 17.1. The molecular weight excluding hydrogens is 300 g/mol. The molecule has 0 atom stereocenters. The van der Waals surface area contributed by atoms with E-state index in [0.717, 1.165) is 39.9 Å². The molecule has 1 N–H and O–H groups in total. The maximum Gasteiger partial charge on any atom is 0.268 e. The van der Waals surface area contributed by atoms with Gasteiger partial charge in [0.1, 0.15) is 11.4 Å². The van der Waals surface area contributed by atoms with E-state index >= 15 is 0 Å². The molecule has 4 nitrogen and oxygen atoms in total. The Balaban J connectivity index is 1.71. The number of hydrogen-bond donors (Lipinski definition) is 1. The molecule has 3 rings (SSSR count). The maximum absolute atomic E-state index is 12.6. The van der Waals surface area contributed by atoms with E-state index in [1.165, 1.54) is 0 Å². The van der Waals surface area contributed by atoms with Crippen LogP contribution in [0.1, 0.15) is 21.6 Å². The Bertz CT molecular complexity index is 841. The Hall–Kier alpha value is -2.75. The molecule has 0 saturated carbocycles. The molecule has 1 heterocycles. The van der Waals surface area contributed by atoms with E-state index in [4.69, 9.17) is 4.74 Å². The van der Waals surface area contributed by atoms with Gasteiger partial charge in [-0.1, -0.05) is 30.3 Å². The molecule has 0 unspecified atom stereocenters. The van der Waals surface area contributed by atoms with Gasteiger partial charge >= 0.3 is 0 Å². The van der Waals surface area contributed by atoms with Gasteiger partial charge in [-0.3, -0.25) is 4.79 Å². The van der Waals surface area contributed by atoms with E-state index < -0.39 is 0 Å². The van der Waals surface area contributed by atoms with Crippen LogP contribution >= 0.6 is 0 Å². The normalized spacial score (nSPS) is 10.8. The Morgan fingerprint density at radius 2 is 1.96 bits per heavy atom. The van der Waals surface area contributed by atoms with Gasteiger partial charge in [-0.2, -0.15) is 0 Å². The number of nitrogens with zero attached hydrogens (tertiary/aromatic N) is 1. The maximum atomic E-state index is 12.6. The Morgan fingerprint density at radius 3 is 2.71 bits per heavy atom. The van der Waals surface area contributed by atoms with Crippen molar-refractivity contribution in [2.24, 2.45) is 7.05 Å². The number of ether oxygens (including phenoxy) is 1. The monoisotopic (exact) mass is 322 g/mol. The molecule has 0 saturated heterocycles. The molecule has 1 aromatic heterocycles. The fraction of sp³-hybridized carbons (Fsp3) is 0.250. The number of benzene rings is 2. The largest absolute Gasteiger partial charge is 0.497 e. The van der Waals surface area contributed by atoms with E-state index in [-0.39, 0.29) is 5.91 Å². The van der Waals surface area contributed by atoms with E-state index in [2.05, 4.69) is 11.4 Å². The van der Waals surface area contributed by atoms with E-state index in [0.29, 0.717) is 6.54 Å². The van der Waals surface area contributed by atoms with Gasteiger partial charge in [0.25, 0.3) is 5.91 Å². The summed E-state index contributed by atoms with van der Waals surface area (Å²) in [5.41, 5.74) is 3.96. The molecular formula is C20H22N2O2. The first kappa shape index (κ1) is 16.1. The van der Waals surface area contributed by atoms with Crippen molar-refractivity contribution in [3.8, 4) is 5.75 Å². The molecule has 0 aliphatic rings. The number of carbonyl (C=O) groups excluding carboxylic acids is 1. The smallest absolute Gasteiger partial charge is 0.268 e. The van der Waals surface area contributed by atoms with Crippen LogP contribution in [0.3, 0.4) is 0 Å². The molecule has 124 valence electrons. The highest BCUT2D eigenvalue weighted by Crippen LogP contribution is 2.24. The lowest BCUT2D eigenvalue weighted by atomic mass is 10.1. The fourth-order valence-corrected chi connectivity index (χ4v) is 3.14. The molecule has 3 aromatic rings. The third-order valence-corrected chi connectivity index (χ3v) is 4.41. The number of rotatable bonds is 5. The number of fused-ring (bicyclic) bond motifs is 1. The lowest BCUT2D eigenvalue weighted by molar-refractivity contribution is 0.0946. The number of nitrogens with one attached hydrogen (secondary N) is 1. The number of aryl methyl sites for hydroxylation is 2. The quantitative estimate of drug-likeness (QED) is 0.781. The minimum absolute atomic E-state index is 0.0332. The van der Waals surface area contributed by atoms with Crippen LogP contribution in [0, 0.1) is 6.92 Å². The second-order valence-electron chi connectivity index (χ2n) is 5.91. The van der Waals surface area contributed by atoms with Crippen LogP contribution in [0.25, 0.3) is 10.9 Å². The molecule has 2 aromatic carbocycles. The van der Waals surface area contributed by atoms with Crippen LogP contribution in [0.2, 0.25) is 0 Å². The van der Waals surface area contributed by atoms with Crippen molar-refractivity contribution in [3.63, 3.8) is 0 Å². The summed E-state index contributed by atoms with van der Waals surface area (Å²) in [6.07, 6.45) is 0.770. The number of aromatic nitrogens is 1. The van der Waals surface area contributed by atoms with E-state index in [9.17, 15) is 4.79 Å². The number of para-hydroxylation sites is 1. The average molecular weight is 322 g/mol. The van der Waals surface area contributed by atoms with Gasteiger partial charge in [-0.05, 0) is 42.7 Å². The summed E-state index contributed by atoms with van der Waals surface area (Å²) in [5.74, 6) is 0.803. The van der Waals surface area contributed by atoms with Crippen LogP contribution in [0.15, 0.2) is 48.5 Å². The van der Waals surface area contributed by atoms with Gasteiger partial charge in [-0.25, -0.2) is 0 Å². The van der Waals surface area contributed by atoms with Gasteiger partial charge in [0.15, 0.2) is 0 Å². The average Bonchev–Trinajstić information content (AvgIpc) is 2.86. The zero-order valence-electron chi connectivity index (χ0n) is 14.3. The predicted octanol–water partition coefficient (Wildman–Crippen LogP) is 3.47. The number of methoxy groups -OCH3 is 1. The minimum atomic E-state index is -0.0332. The molecule has 0 radical (unpaired) electrons. The van der Waals surface area contributed by atoms with Gasteiger partial charge in [0, 0.05) is 24.5 Å². The van der Waals surface area contributed by atoms with Crippen LogP contribution in [-0.2, 0) is 13.5 Å². The number of carbonyl (C=O) groups is 1. The summed E-state index contributed by atoms with van der Waals surface area (Å²) < 4.78 is 7.19. The van der Waals surface area contributed by atoms with Gasteiger partial charge in [0.05, 0.1) is 7.11 Å². The second-order valence-corrected chi connectivity index (χ2v) is 5.91. The van der Waals surface area contributed by atoms with E-state index in [1.807, 2.05) is 61.0 Å². The van der Waals surface area contributed by atoms with E-state index in [1.54, 1.807) is 7.11 Å². The van der Waals surface area contributed by atoms with Crippen LogP contribution in [0.4, 0.5) is 0 Å². The highest BCUT2D eigenvalue weighted by atomic mass is 16.5. The number of hydrogen-bond acceptors (Lipinski definition) is 2. The SMILES string of the molecule is COc1cccc(CCNC(=O)c2c(C)c3ccccc3n2C)c1. The Kier molecular flexibility index (Phi) is 4.56. The van der Waals surface area contributed by atoms with Crippen molar-refractivity contribution in [1.82, 2.24) is 9.88 Å². The summed E-state index contributed by atoms with van der Waals surface area (Å²) in [7, 11) is 3.59. The van der Waals surface area contributed by atoms with Crippen molar-refractivity contribution >= 4 is 16.8 Å². The Morgan fingerprint density at radius 1 is 1.17 bits per heavy atom. The second kappa shape index (κ2) is 6.79. The molecule has 0 fully saturated rings. The van der Waals surface area contributed by atoms with Gasteiger partial charge < -0.3 is 14.6 Å². The molecule has 0 aliphatic carbocycles. The Labute approximate surface area is 142 Å². The molecule has 0 aliphatic heterocycles. The van der Waals surface area contributed by atoms with Gasteiger partial charge in [-0.15, -0.1) is 0 Å². The third-order valence-electron chi connectivity index (χ3n) is 4.41. The highest BCUT2D eigenvalue weighted by molar-refractivity contribution is 6.01. The van der Waals surface area contributed by atoms with Crippen LogP contribution in [0.5, 0.6) is 5.75 Å². The summed E-state index contributed by atoms with van der Waals surface area (Å²) >= 11 is 0.